The van der Waals surface area contributed by atoms with Crippen LogP contribution in [0.1, 0.15) is 0 Å². The van der Waals surface area contributed by atoms with Gasteiger partial charge in [0.25, 0.3) is 0 Å². The molecule has 90 valence electrons. The standard InChI is InChI=1S/C10H9BrN2O3S/c11-6-17(14,15)13-9-3-1-8(2-4-9)10-5-12-7-16-10/h1-5,7,13H,6H2. The molecule has 0 aliphatic carbocycles. The fourth-order valence-electron chi connectivity index (χ4n) is 1.27. The molecule has 7 heteroatoms. The zero-order valence-electron chi connectivity index (χ0n) is 8.63. The lowest BCUT2D eigenvalue weighted by Gasteiger charge is -2.05. The molecule has 1 N–H and O–H groups in total. The van der Waals surface area contributed by atoms with Crippen molar-refractivity contribution >= 4 is 31.6 Å². The summed E-state index contributed by atoms with van der Waals surface area (Å²) in [5.74, 6) is 0.639. The van der Waals surface area contributed by atoms with Crippen LogP contribution in [-0.4, -0.2) is 18.1 Å². The van der Waals surface area contributed by atoms with Crippen molar-refractivity contribution < 1.29 is 12.8 Å². The number of sulfonamides is 1. The van der Waals surface area contributed by atoms with Crippen LogP contribution in [0.2, 0.25) is 0 Å². The molecule has 0 aliphatic rings. The molecule has 0 spiro atoms. The van der Waals surface area contributed by atoms with Gasteiger partial charge in [-0.3, -0.25) is 4.72 Å². The Kier molecular flexibility index (Phi) is 3.49. The van der Waals surface area contributed by atoms with E-state index in [4.69, 9.17) is 4.42 Å². The Bertz CT molecular complexity index is 579. The first-order valence-corrected chi connectivity index (χ1v) is 7.43. The lowest BCUT2D eigenvalue weighted by atomic mass is 10.2. The van der Waals surface area contributed by atoms with E-state index < -0.39 is 10.0 Å². The first kappa shape index (κ1) is 12.1. The first-order chi connectivity index (χ1) is 8.11. The number of hydrogen-bond donors (Lipinski definition) is 1. The highest BCUT2D eigenvalue weighted by Crippen LogP contribution is 2.21. The van der Waals surface area contributed by atoms with E-state index in [0.29, 0.717) is 11.4 Å². The number of nitrogens with one attached hydrogen (secondary N) is 1. The quantitative estimate of drug-likeness (QED) is 0.879. The summed E-state index contributed by atoms with van der Waals surface area (Å²) in [5.41, 5.74) is 1.34. The number of anilines is 1. The predicted octanol–water partition coefficient (Wildman–Crippen LogP) is 2.44. The molecule has 1 aromatic carbocycles. The summed E-state index contributed by atoms with van der Waals surface area (Å²) in [6, 6.07) is 6.84. The molecule has 0 atom stereocenters. The summed E-state index contributed by atoms with van der Waals surface area (Å²) >= 11 is 2.90. The molecule has 0 aliphatic heterocycles. The monoisotopic (exact) mass is 316 g/mol. The average Bonchev–Trinajstić information content (AvgIpc) is 2.83. The third-order valence-corrected chi connectivity index (χ3v) is 4.66. The number of nitrogens with zero attached hydrogens (tertiary/aromatic N) is 1. The molecule has 0 unspecified atom stereocenters. The second-order valence-electron chi connectivity index (χ2n) is 3.27. The van der Waals surface area contributed by atoms with Crippen molar-refractivity contribution in [3.8, 4) is 11.3 Å². The minimum Gasteiger partial charge on any atom is -0.444 e. The van der Waals surface area contributed by atoms with Crippen molar-refractivity contribution in [3.63, 3.8) is 0 Å². The number of alkyl halides is 1. The summed E-state index contributed by atoms with van der Waals surface area (Å²) in [5, 5.41) is 0. The Morgan fingerprint density at radius 3 is 2.53 bits per heavy atom. The van der Waals surface area contributed by atoms with Gasteiger partial charge in [-0.05, 0) is 24.3 Å². The molecule has 2 aromatic rings. The van der Waals surface area contributed by atoms with Gasteiger partial charge in [0.1, 0.15) is 4.66 Å². The SMILES string of the molecule is O=S(=O)(CBr)Nc1ccc(-c2cnco2)cc1. The molecule has 0 bridgehead atoms. The van der Waals surface area contributed by atoms with E-state index in [2.05, 4.69) is 25.6 Å². The molecule has 0 amide bonds. The number of halogens is 1. The van der Waals surface area contributed by atoms with Gasteiger partial charge in [-0.15, -0.1) is 0 Å². The van der Waals surface area contributed by atoms with Gasteiger partial charge in [-0.2, -0.15) is 0 Å². The number of oxazole rings is 1. The molecule has 2 rings (SSSR count). The van der Waals surface area contributed by atoms with E-state index in [1.54, 1.807) is 30.5 Å². The average molecular weight is 317 g/mol. The van der Waals surface area contributed by atoms with E-state index in [0.717, 1.165) is 5.56 Å². The molecule has 0 saturated carbocycles. The van der Waals surface area contributed by atoms with Gasteiger partial charge in [0.2, 0.25) is 10.0 Å². The summed E-state index contributed by atoms with van der Waals surface area (Å²) < 4.78 is 30.0. The van der Waals surface area contributed by atoms with E-state index >= 15 is 0 Å². The van der Waals surface area contributed by atoms with Crippen LogP contribution in [-0.2, 0) is 10.0 Å². The molecule has 0 fully saturated rings. The highest BCUT2D eigenvalue weighted by atomic mass is 79.9. The second kappa shape index (κ2) is 4.89. The Morgan fingerprint density at radius 2 is 2.00 bits per heavy atom. The summed E-state index contributed by atoms with van der Waals surface area (Å²) in [7, 11) is -3.31. The minimum absolute atomic E-state index is 0.135. The largest absolute Gasteiger partial charge is 0.444 e. The summed E-state index contributed by atoms with van der Waals surface area (Å²) in [4.78, 5) is 3.81. The van der Waals surface area contributed by atoms with Crippen molar-refractivity contribution in [3.05, 3.63) is 36.9 Å². The van der Waals surface area contributed by atoms with E-state index in [9.17, 15) is 8.42 Å². The fraction of sp³-hybridized carbons (Fsp3) is 0.100. The fourth-order valence-corrected chi connectivity index (χ4v) is 2.16. The van der Waals surface area contributed by atoms with Crippen LogP contribution < -0.4 is 4.72 Å². The topological polar surface area (TPSA) is 72.2 Å². The van der Waals surface area contributed by atoms with Crippen molar-refractivity contribution in [1.82, 2.24) is 4.98 Å². The van der Waals surface area contributed by atoms with Gasteiger partial charge in [0, 0.05) is 11.3 Å². The number of rotatable bonds is 4. The molecule has 0 radical (unpaired) electrons. The molecule has 1 heterocycles. The van der Waals surface area contributed by atoms with E-state index in [-0.39, 0.29) is 4.66 Å². The maximum Gasteiger partial charge on any atom is 0.242 e. The van der Waals surface area contributed by atoms with Crippen LogP contribution in [0, 0.1) is 0 Å². The maximum absolute atomic E-state index is 11.3. The van der Waals surface area contributed by atoms with Crippen LogP contribution in [0.5, 0.6) is 0 Å². The Balaban J connectivity index is 2.19. The Morgan fingerprint density at radius 1 is 1.29 bits per heavy atom. The predicted molar refractivity (Wildman–Crippen MR) is 68.3 cm³/mol. The van der Waals surface area contributed by atoms with Gasteiger partial charge in [-0.1, -0.05) is 15.9 Å². The molecule has 17 heavy (non-hydrogen) atoms. The van der Waals surface area contributed by atoms with E-state index in [1.807, 2.05) is 0 Å². The van der Waals surface area contributed by atoms with Crippen molar-refractivity contribution in [1.29, 1.82) is 0 Å². The molecular weight excluding hydrogens is 308 g/mol. The van der Waals surface area contributed by atoms with Gasteiger partial charge >= 0.3 is 0 Å². The maximum atomic E-state index is 11.3. The normalized spacial score (nSPS) is 11.4. The molecular formula is C10H9BrN2O3S. The number of aromatic nitrogens is 1. The summed E-state index contributed by atoms with van der Waals surface area (Å²) in [6.07, 6.45) is 2.94. The van der Waals surface area contributed by atoms with E-state index in [1.165, 1.54) is 6.39 Å². The molecule has 1 aromatic heterocycles. The van der Waals surface area contributed by atoms with Gasteiger partial charge < -0.3 is 4.42 Å². The van der Waals surface area contributed by atoms with Crippen LogP contribution in [0.15, 0.2) is 41.3 Å². The Labute approximate surface area is 107 Å². The zero-order chi connectivity index (χ0) is 12.3. The van der Waals surface area contributed by atoms with Crippen LogP contribution in [0.25, 0.3) is 11.3 Å². The van der Waals surface area contributed by atoms with Gasteiger partial charge in [-0.25, -0.2) is 13.4 Å². The van der Waals surface area contributed by atoms with Crippen LogP contribution in [0.3, 0.4) is 0 Å². The number of benzene rings is 1. The van der Waals surface area contributed by atoms with Gasteiger partial charge in [0.05, 0.1) is 6.20 Å². The van der Waals surface area contributed by atoms with Crippen LogP contribution in [0.4, 0.5) is 5.69 Å². The van der Waals surface area contributed by atoms with Crippen molar-refractivity contribution in [2.75, 3.05) is 9.38 Å². The lowest BCUT2D eigenvalue weighted by molar-refractivity contribution is 0.572. The number of hydrogen-bond acceptors (Lipinski definition) is 4. The second-order valence-corrected chi connectivity index (χ2v) is 6.29. The molecule has 0 saturated heterocycles. The van der Waals surface area contributed by atoms with Crippen molar-refractivity contribution in [2.24, 2.45) is 0 Å². The highest BCUT2D eigenvalue weighted by molar-refractivity contribution is 9.10. The minimum atomic E-state index is -3.31. The van der Waals surface area contributed by atoms with Crippen molar-refractivity contribution in [2.45, 2.75) is 0 Å². The molecule has 5 nitrogen and oxygen atoms in total. The van der Waals surface area contributed by atoms with Crippen LogP contribution >= 0.6 is 15.9 Å². The zero-order valence-corrected chi connectivity index (χ0v) is 11.0. The first-order valence-electron chi connectivity index (χ1n) is 4.66. The summed E-state index contributed by atoms with van der Waals surface area (Å²) in [6.45, 7) is 0. The Hall–Kier alpha value is -1.34. The van der Waals surface area contributed by atoms with Gasteiger partial charge in [0.15, 0.2) is 12.2 Å². The third kappa shape index (κ3) is 3.07. The highest BCUT2D eigenvalue weighted by Gasteiger charge is 2.08. The third-order valence-electron chi connectivity index (χ3n) is 2.02. The smallest absolute Gasteiger partial charge is 0.242 e. The lowest BCUT2D eigenvalue weighted by Crippen LogP contribution is -2.12.